The number of benzene rings is 1. The quantitative estimate of drug-likeness (QED) is 0.808. The van der Waals surface area contributed by atoms with Crippen LogP contribution in [-0.4, -0.2) is 23.9 Å². The number of unbranched alkanes of at least 4 members (excludes halogenated alkanes) is 1. The second-order valence-corrected chi connectivity index (χ2v) is 5.03. The highest BCUT2D eigenvalue weighted by Gasteiger charge is 2.32. The molecule has 0 aromatic heterocycles. The third-order valence-electron chi connectivity index (χ3n) is 3.40. The number of aliphatic hydroxyl groups is 1. The Bertz CT molecular complexity index is 491. The van der Waals surface area contributed by atoms with Crippen LogP contribution in [0.1, 0.15) is 43.2 Å². The minimum absolute atomic E-state index is 0.264. The molecule has 1 aromatic rings. The van der Waals surface area contributed by atoms with Gasteiger partial charge >= 0.3 is 12.3 Å². The van der Waals surface area contributed by atoms with Crippen molar-refractivity contribution in [2.75, 3.05) is 6.61 Å². The van der Waals surface area contributed by atoms with Crippen LogP contribution < -0.4 is 5.73 Å². The van der Waals surface area contributed by atoms with Gasteiger partial charge in [-0.1, -0.05) is 38.0 Å². The highest BCUT2D eigenvalue weighted by atomic mass is 19.4. The fraction of sp³-hybridized carbons (Fsp3) is 0.533. The molecule has 4 nitrogen and oxygen atoms in total. The molecule has 0 bridgehead atoms. The first kappa shape index (κ1) is 18.3. The smallest absolute Gasteiger partial charge is 0.416 e. The third-order valence-corrected chi connectivity index (χ3v) is 3.40. The molecule has 0 saturated heterocycles. The predicted molar refractivity (Wildman–Crippen MR) is 75.3 cm³/mol. The van der Waals surface area contributed by atoms with Crippen molar-refractivity contribution in [3.8, 4) is 0 Å². The van der Waals surface area contributed by atoms with Crippen molar-refractivity contribution >= 4 is 6.09 Å². The Morgan fingerprint density at radius 3 is 2.59 bits per heavy atom. The van der Waals surface area contributed by atoms with Crippen LogP contribution in [0, 0.1) is 0 Å². The fourth-order valence-corrected chi connectivity index (χ4v) is 2.28. The van der Waals surface area contributed by atoms with Crippen molar-refractivity contribution in [3.05, 3.63) is 35.4 Å². The summed E-state index contributed by atoms with van der Waals surface area (Å²) in [6.45, 7) is 1.49. The van der Waals surface area contributed by atoms with Gasteiger partial charge in [-0.3, -0.25) is 0 Å². The molecule has 7 heteroatoms. The van der Waals surface area contributed by atoms with Crippen molar-refractivity contribution in [2.24, 2.45) is 5.73 Å². The molecule has 2 atom stereocenters. The number of hydrogen-bond acceptors (Lipinski definition) is 3. The van der Waals surface area contributed by atoms with Gasteiger partial charge < -0.3 is 15.6 Å². The Morgan fingerprint density at radius 2 is 2.09 bits per heavy atom. The van der Waals surface area contributed by atoms with E-state index in [4.69, 9.17) is 10.5 Å². The molecule has 2 unspecified atom stereocenters. The van der Waals surface area contributed by atoms with Gasteiger partial charge in [0.1, 0.15) is 6.10 Å². The third kappa shape index (κ3) is 5.22. The number of alkyl halides is 3. The largest absolute Gasteiger partial charge is 0.446 e. The maximum atomic E-state index is 12.8. The van der Waals surface area contributed by atoms with Crippen molar-refractivity contribution < 1.29 is 27.8 Å². The van der Waals surface area contributed by atoms with E-state index in [0.717, 1.165) is 18.6 Å². The van der Waals surface area contributed by atoms with E-state index < -0.39 is 36.5 Å². The highest BCUT2D eigenvalue weighted by Crippen LogP contribution is 2.33. The maximum absolute atomic E-state index is 12.8. The standard InChI is InChI=1S/C15H20F3NO3/c1-2-3-7-13(22-14(19)21)12(9-20)10-5-4-6-11(8-10)15(16,17)18/h4-6,8,12-13,20H,2-3,7,9H2,1H3,(H2,19,21). The average molecular weight is 319 g/mol. The summed E-state index contributed by atoms with van der Waals surface area (Å²) >= 11 is 0. The van der Waals surface area contributed by atoms with Gasteiger partial charge in [0, 0.05) is 5.92 Å². The van der Waals surface area contributed by atoms with E-state index in [0.29, 0.717) is 12.8 Å². The topological polar surface area (TPSA) is 72.5 Å². The van der Waals surface area contributed by atoms with E-state index >= 15 is 0 Å². The van der Waals surface area contributed by atoms with E-state index in [2.05, 4.69) is 0 Å². The molecule has 0 aliphatic carbocycles. The molecule has 0 spiro atoms. The van der Waals surface area contributed by atoms with Crippen LogP contribution in [0.15, 0.2) is 24.3 Å². The molecular formula is C15H20F3NO3. The molecule has 0 aliphatic rings. The van der Waals surface area contributed by atoms with E-state index in [9.17, 15) is 23.1 Å². The van der Waals surface area contributed by atoms with Crippen LogP contribution in [0.3, 0.4) is 0 Å². The van der Waals surface area contributed by atoms with E-state index in [1.807, 2.05) is 6.92 Å². The van der Waals surface area contributed by atoms with Crippen molar-refractivity contribution in [1.29, 1.82) is 0 Å². The molecular weight excluding hydrogens is 299 g/mol. The van der Waals surface area contributed by atoms with Crippen LogP contribution in [0.5, 0.6) is 0 Å². The van der Waals surface area contributed by atoms with Gasteiger partial charge in [-0.2, -0.15) is 13.2 Å². The summed E-state index contributed by atoms with van der Waals surface area (Å²) in [6.07, 6.45) is -4.30. The summed E-state index contributed by atoms with van der Waals surface area (Å²) in [7, 11) is 0. The van der Waals surface area contributed by atoms with E-state index in [-0.39, 0.29) is 5.56 Å². The van der Waals surface area contributed by atoms with Gasteiger partial charge in [-0.05, 0) is 18.1 Å². The Balaban J connectivity index is 3.07. The number of primary amides is 1. The van der Waals surface area contributed by atoms with E-state index in [1.165, 1.54) is 12.1 Å². The van der Waals surface area contributed by atoms with Gasteiger partial charge in [0.2, 0.25) is 0 Å². The molecule has 1 amide bonds. The van der Waals surface area contributed by atoms with Crippen molar-refractivity contribution in [2.45, 2.75) is 44.4 Å². The molecule has 0 saturated carbocycles. The average Bonchev–Trinajstić information content (AvgIpc) is 2.44. The summed E-state index contributed by atoms with van der Waals surface area (Å²) in [4.78, 5) is 11.0. The zero-order valence-electron chi connectivity index (χ0n) is 12.3. The summed E-state index contributed by atoms with van der Waals surface area (Å²) in [5.74, 6) is -0.749. The molecule has 1 rings (SSSR count). The second-order valence-electron chi connectivity index (χ2n) is 5.03. The summed E-state index contributed by atoms with van der Waals surface area (Å²) in [6, 6.07) is 4.65. The zero-order valence-corrected chi connectivity index (χ0v) is 12.3. The van der Waals surface area contributed by atoms with Gasteiger partial charge in [0.05, 0.1) is 12.2 Å². The second kappa shape index (κ2) is 8.03. The van der Waals surface area contributed by atoms with E-state index in [1.54, 1.807) is 0 Å². The van der Waals surface area contributed by atoms with Gasteiger partial charge in [0.15, 0.2) is 0 Å². The van der Waals surface area contributed by atoms with Gasteiger partial charge in [-0.15, -0.1) is 0 Å². The van der Waals surface area contributed by atoms with Crippen molar-refractivity contribution in [3.63, 3.8) is 0 Å². The molecule has 0 radical (unpaired) electrons. The molecule has 0 aliphatic heterocycles. The zero-order chi connectivity index (χ0) is 16.8. The number of carbonyl (C=O) groups is 1. The first-order valence-electron chi connectivity index (χ1n) is 7.03. The van der Waals surface area contributed by atoms with Crippen LogP contribution >= 0.6 is 0 Å². The number of nitrogens with two attached hydrogens (primary N) is 1. The molecule has 0 fully saturated rings. The van der Waals surface area contributed by atoms with Gasteiger partial charge in [0.25, 0.3) is 0 Å². The predicted octanol–water partition coefficient (Wildman–Crippen LogP) is 3.44. The van der Waals surface area contributed by atoms with Crippen LogP contribution in [0.4, 0.5) is 18.0 Å². The summed E-state index contributed by atoms with van der Waals surface area (Å²) in [5, 5.41) is 9.54. The normalized spacial score (nSPS) is 14.4. The first-order chi connectivity index (χ1) is 10.3. The first-order valence-corrected chi connectivity index (χ1v) is 7.03. The SMILES string of the molecule is CCCCC(OC(N)=O)C(CO)c1cccc(C(F)(F)F)c1. The highest BCUT2D eigenvalue weighted by molar-refractivity contribution is 5.65. The van der Waals surface area contributed by atoms with Crippen molar-refractivity contribution in [1.82, 2.24) is 0 Å². The molecule has 1 aromatic carbocycles. The Morgan fingerprint density at radius 1 is 1.41 bits per heavy atom. The monoisotopic (exact) mass is 319 g/mol. The molecule has 0 heterocycles. The van der Waals surface area contributed by atoms with Crippen LogP contribution in [-0.2, 0) is 10.9 Å². The summed E-state index contributed by atoms with van der Waals surface area (Å²) in [5.41, 5.74) is 4.47. The molecule has 3 N–H and O–H groups in total. The lowest BCUT2D eigenvalue weighted by Crippen LogP contribution is -2.30. The number of amides is 1. The minimum Gasteiger partial charge on any atom is -0.446 e. The Labute approximate surface area is 127 Å². The molecule has 124 valence electrons. The number of hydrogen-bond donors (Lipinski definition) is 2. The summed E-state index contributed by atoms with van der Waals surface area (Å²) < 4.78 is 43.3. The lowest BCUT2D eigenvalue weighted by atomic mass is 9.90. The number of halogens is 3. The Kier molecular flexibility index (Phi) is 6.67. The lowest BCUT2D eigenvalue weighted by molar-refractivity contribution is -0.137. The van der Waals surface area contributed by atoms with Crippen LogP contribution in [0.25, 0.3) is 0 Å². The number of rotatable bonds is 7. The number of carbonyl (C=O) groups excluding carboxylic acids is 1. The maximum Gasteiger partial charge on any atom is 0.416 e. The lowest BCUT2D eigenvalue weighted by Gasteiger charge is -2.26. The fourth-order valence-electron chi connectivity index (χ4n) is 2.28. The number of aliphatic hydroxyl groups excluding tert-OH is 1. The van der Waals surface area contributed by atoms with Crippen LogP contribution in [0.2, 0.25) is 0 Å². The number of ether oxygens (including phenoxy) is 1. The minimum atomic E-state index is -4.47. The van der Waals surface area contributed by atoms with Gasteiger partial charge in [-0.25, -0.2) is 4.79 Å². The Hall–Kier alpha value is -1.76. The molecule has 22 heavy (non-hydrogen) atoms.